The first-order valence-corrected chi connectivity index (χ1v) is 13.7. The quantitative estimate of drug-likeness (QED) is 0.435. The Morgan fingerprint density at radius 3 is 2.85 bits per heavy atom. The lowest BCUT2D eigenvalue weighted by Gasteiger charge is -2.37. The Labute approximate surface area is 206 Å². The molecule has 1 unspecified atom stereocenters. The summed E-state index contributed by atoms with van der Waals surface area (Å²) in [5, 5.41) is 11.4. The highest BCUT2D eigenvalue weighted by Gasteiger charge is 2.34. The van der Waals surface area contributed by atoms with Crippen molar-refractivity contribution in [2.75, 3.05) is 32.5 Å². The number of nitrogens with zero attached hydrogens (tertiary/aromatic N) is 2. The van der Waals surface area contributed by atoms with Crippen molar-refractivity contribution in [2.45, 2.75) is 62.8 Å². The van der Waals surface area contributed by atoms with E-state index >= 15 is 4.39 Å². The fraction of sp³-hybridized carbons (Fsp3) is 0.630. The van der Waals surface area contributed by atoms with Gasteiger partial charge < -0.3 is 14.7 Å². The lowest BCUT2D eigenvalue weighted by molar-refractivity contribution is -0.146. The topological polar surface area (TPSA) is 62.7 Å². The molecule has 0 bridgehead atoms. The van der Waals surface area contributed by atoms with Crippen molar-refractivity contribution in [2.24, 2.45) is 11.8 Å². The van der Waals surface area contributed by atoms with Gasteiger partial charge in [0.1, 0.15) is 11.9 Å². The van der Waals surface area contributed by atoms with Crippen LogP contribution in [0.4, 0.5) is 4.39 Å². The van der Waals surface area contributed by atoms with E-state index in [1.807, 2.05) is 18.2 Å². The fourth-order valence-corrected chi connectivity index (χ4v) is 6.90. The maximum atomic E-state index is 15.4. The van der Waals surface area contributed by atoms with Crippen LogP contribution in [0.15, 0.2) is 30.5 Å². The number of hydrogen-bond donors (Lipinski definition) is 1. The van der Waals surface area contributed by atoms with Crippen molar-refractivity contribution in [1.82, 2.24) is 9.88 Å². The highest BCUT2D eigenvalue weighted by atomic mass is 32.2. The summed E-state index contributed by atoms with van der Waals surface area (Å²) in [7, 11) is 1.59. The van der Waals surface area contributed by atoms with Crippen LogP contribution in [0.1, 0.15) is 63.1 Å². The minimum absolute atomic E-state index is 0.0145. The van der Waals surface area contributed by atoms with Crippen molar-refractivity contribution in [3.63, 3.8) is 0 Å². The molecule has 2 aliphatic rings. The van der Waals surface area contributed by atoms with Crippen molar-refractivity contribution >= 4 is 28.6 Å². The molecule has 0 radical (unpaired) electrons. The van der Waals surface area contributed by atoms with Crippen molar-refractivity contribution < 1.29 is 19.0 Å². The van der Waals surface area contributed by atoms with Gasteiger partial charge in [0, 0.05) is 35.7 Å². The molecule has 1 aromatic heterocycles. The van der Waals surface area contributed by atoms with Crippen molar-refractivity contribution in [3.8, 4) is 5.75 Å². The van der Waals surface area contributed by atoms with Crippen LogP contribution in [0.3, 0.4) is 0 Å². The second kappa shape index (κ2) is 12.2. The number of carbonyl (C=O) groups is 1. The third-order valence-corrected chi connectivity index (χ3v) is 8.94. The van der Waals surface area contributed by atoms with Crippen molar-refractivity contribution in [3.05, 3.63) is 36.0 Å². The first-order valence-electron chi connectivity index (χ1n) is 12.7. The van der Waals surface area contributed by atoms with Crippen LogP contribution in [-0.2, 0) is 4.79 Å². The Morgan fingerprint density at radius 2 is 2.09 bits per heavy atom. The van der Waals surface area contributed by atoms with E-state index in [-0.39, 0.29) is 5.92 Å². The molecule has 1 saturated carbocycles. The number of piperidine rings is 1. The number of benzene rings is 1. The monoisotopic (exact) mass is 488 g/mol. The Hall–Kier alpha value is -1.86. The zero-order valence-corrected chi connectivity index (χ0v) is 20.9. The number of aliphatic carboxylic acids is 1. The number of aromatic nitrogens is 1. The van der Waals surface area contributed by atoms with Crippen LogP contribution < -0.4 is 4.74 Å². The van der Waals surface area contributed by atoms with Gasteiger partial charge in [0.2, 0.25) is 0 Å². The molecule has 1 aliphatic heterocycles. The number of pyridine rings is 1. The number of rotatable bonds is 10. The standard InChI is InChI=1S/C27H37FN2O3S/c1-33-20-8-10-26-23(17-20)22(11-13-29-26)25(28)9-7-19-12-14-30(18-24(19)27(31)32)15-16-34-21-5-3-2-4-6-21/h8,10-11,13,17,19,21,24-25H,2-7,9,12,14-16,18H2,1H3,(H,31,32)/t19-,24+,25?/m1/s1. The molecule has 5 nitrogen and oxygen atoms in total. The first-order chi connectivity index (χ1) is 16.5. The zero-order valence-electron chi connectivity index (χ0n) is 20.1. The van der Waals surface area contributed by atoms with E-state index in [0.29, 0.717) is 30.7 Å². The maximum absolute atomic E-state index is 15.4. The van der Waals surface area contributed by atoms with E-state index in [1.165, 1.54) is 32.1 Å². The Balaban J connectivity index is 1.31. The summed E-state index contributed by atoms with van der Waals surface area (Å²) in [6.45, 7) is 2.44. The summed E-state index contributed by atoms with van der Waals surface area (Å²) in [5.74, 6) is 0.598. The molecule has 2 aromatic rings. The van der Waals surface area contributed by atoms with Gasteiger partial charge in [-0.05, 0) is 74.4 Å². The predicted molar refractivity (Wildman–Crippen MR) is 136 cm³/mol. The van der Waals surface area contributed by atoms with Crippen LogP contribution >= 0.6 is 11.8 Å². The lowest BCUT2D eigenvalue weighted by atomic mass is 9.81. The number of carboxylic acid groups (broad SMARTS) is 1. The number of alkyl halides is 1. The summed E-state index contributed by atoms with van der Waals surface area (Å²) in [6, 6.07) is 7.22. The lowest BCUT2D eigenvalue weighted by Crippen LogP contribution is -2.44. The molecular formula is C27H37FN2O3S. The Kier molecular flexibility index (Phi) is 9.06. The fourth-order valence-electron chi connectivity index (χ4n) is 5.54. The SMILES string of the molecule is COc1ccc2nccc(C(F)CC[C@@H]3CCN(CCSC4CCCCC4)C[C@@H]3C(=O)O)c2c1. The third kappa shape index (κ3) is 6.42. The summed E-state index contributed by atoms with van der Waals surface area (Å²) >= 11 is 2.06. The molecule has 1 aliphatic carbocycles. The number of methoxy groups -OCH3 is 1. The van der Waals surface area contributed by atoms with Gasteiger partial charge in [-0.25, -0.2) is 4.39 Å². The molecular weight excluding hydrogens is 451 g/mol. The highest BCUT2D eigenvalue weighted by Crippen LogP contribution is 2.36. The summed E-state index contributed by atoms with van der Waals surface area (Å²) in [6.07, 6.45) is 8.93. The van der Waals surface area contributed by atoms with E-state index in [0.717, 1.165) is 41.4 Å². The second-order valence-corrected chi connectivity index (χ2v) is 11.2. The highest BCUT2D eigenvalue weighted by molar-refractivity contribution is 7.99. The van der Waals surface area contributed by atoms with Gasteiger partial charge in [-0.3, -0.25) is 9.78 Å². The van der Waals surface area contributed by atoms with E-state index in [2.05, 4.69) is 21.6 Å². The smallest absolute Gasteiger partial charge is 0.308 e. The van der Waals surface area contributed by atoms with Crippen LogP contribution in [0.2, 0.25) is 0 Å². The molecule has 186 valence electrons. The first kappa shape index (κ1) is 25.2. The zero-order chi connectivity index (χ0) is 23.9. The van der Waals surface area contributed by atoms with Gasteiger partial charge in [0.15, 0.2) is 0 Å². The van der Waals surface area contributed by atoms with Crippen molar-refractivity contribution in [1.29, 1.82) is 0 Å². The van der Waals surface area contributed by atoms with Gasteiger partial charge in [-0.1, -0.05) is 19.3 Å². The number of fused-ring (bicyclic) bond motifs is 1. The molecule has 0 amide bonds. The summed E-state index contributed by atoms with van der Waals surface area (Å²) < 4.78 is 20.7. The van der Waals surface area contributed by atoms with Crippen LogP contribution in [0.5, 0.6) is 5.75 Å². The molecule has 7 heteroatoms. The van der Waals surface area contributed by atoms with E-state index in [1.54, 1.807) is 19.4 Å². The van der Waals surface area contributed by atoms with Gasteiger partial charge in [0.05, 0.1) is 18.5 Å². The number of ether oxygens (including phenoxy) is 1. The molecule has 1 aromatic carbocycles. The number of likely N-dealkylation sites (tertiary alicyclic amines) is 1. The third-order valence-electron chi connectivity index (χ3n) is 7.58. The minimum Gasteiger partial charge on any atom is -0.497 e. The number of hydrogen-bond acceptors (Lipinski definition) is 5. The van der Waals surface area contributed by atoms with Crippen LogP contribution in [0.25, 0.3) is 10.9 Å². The van der Waals surface area contributed by atoms with E-state index in [9.17, 15) is 9.90 Å². The van der Waals surface area contributed by atoms with E-state index in [4.69, 9.17) is 4.74 Å². The number of halogens is 1. The Morgan fingerprint density at radius 1 is 1.26 bits per heavy atom. The molecule has 4 rings (SSSR count). The maximum Gasteiger partial charge on any atom is 0.308 e. The Bertz CT molecular complexity index is 953. The van der Waals surface area contributed by atoms with Crippen LogP contribution in [-0.4, -0.2) is 58.7 Å². The molecule has 34 heavy (non-hydrogen) atoms. The predicted octanol–water partition coefficient (Wildman–Crippen LogP) is 6.12. The van der Waals surface area contributed by atoms with Crippen LogP contribution in [0, 0.1) is 11.8 Å². The normalized spacial score (nSPS) is 23.1. The number of thioether (sulfide) groups is 1. The van der Waals surface area contributed by atoms with E-state index < -0.39 is 18.1 Å². The molecule has 3 atom stereocenters. The van der Waals surface area contributed by atoms with Gasteiger partial charge >= 0.3 is 5.97 Å². The second-order valence-electron chi connectivity index (χ2n) is 9.75. The summed E-state index contributed by atoms with van der Waals surface area (Å²) in [4.78, 5) is 18.7. The average Bonchev–Trinajstić information content (AvgIpc) is 2.87. The largest absolute Gasteiger partial charge is 0.497 e. The van der Waals surface area contributed by atoms with Gasteiger partial charge in [0.25, 0.3) is 0 Å². The molecule has 1 N–H and O–H groups in total. The average molecular weight is 489 g/mol. The molecule has 1 saturated heterocycles. The minimum atomic E-state index is -1.16. The number of carboxylic acids is 1. The van der Waals surface area contributed by atoms with Gasteiger partial charge in [-0.15, -0.1) is 0 Å². The molecule has 2 fully saturated rings. The summed E-state index contributed by atoms with van der Waals surface area (Å²) in [5.41, 5.74) is 1.34. The molecule has 0 spiro atoms. The molecule has 2 heterocycles. The van der Waals surface area contributed by atoms with Gasteiger partial charge in [-0.2, -0.15) is 11.8 Å².